The van der Waals surface area contributed by atoms with Gasteiger partial charge in [-0.2, -0.15) is 5.26 Å². The van der Waals surface area contributed by atoms with Crippen LogP contribution >= 0.6 is 0 Å². The minimum Gasteiger partial charge on any atom is -0.315 e. The number of hydrogen-bond donors (Lipinski definition) is 1. The Hall–Kier alpha value is -1.47. The topological polar surface area (TPSA) is 35.8 Å². The molecule has 0 spiro atoms. The Labute approximate surface area is 87.5 Å². The molecule has 4 heteroatoms. The fraction of sp³-hybridized carbons (Fsp3) is 0.364. The number of rotatable bonds is 5. The summed E-state index contributed by atoms with van der Waals surface area (Å²) in [6, 6.07) is 5.56. The molecule has 0 radical (unpaired) electrons. The van der Waals surface area contributed by atoms with Crippen LogP contribution in [0, 0.1) is 23.0 Å². The highest BCUT2D eigenvalue weighted by molar-refractivity contribution is 5.18. The molecule has 1 aromatic rings. The number of nitrogens with zero attached hydrogens (tertiary/aromatic N) is 1. The van der Waals surface area contributed by atoms with E-state index in [1.165, 1.54) is 12.1 Å². The molecule has 1 rings (SSSR count). The molecule has 1 aromatic carbocycles. The normalized spacial score (nSPS) is 9.93. The van der Waals surface area contributed by atoms with Crippen molar-refractivity contribution in [1.82, 2.24) is 5.32 Å². The van der Waals surface area contributed by atoms with E-state index in [0.717, 1.165) is 6.07 Å². The third kappa shape index (κ3) is 4.05. The number of nitriles is 1. The van der Waals surface area contributed by atoms with Crippen LogP contribution in [0.15, 0.2) is 18.2 Å². The Bertz CT molecular complexity index is 358. The van der Waals surface area contributed by atoms with Crippen LogP contribution in [0.5, 0.6) is 0 Å². The fourth-order valence-corrected chi connectivity index (χ4v) is 1.22. The van der Waals surface area contributed by atoms with Gasteiger partial charge >= 0.3 is 0 Å². The highest BCUT2D eigenvalue weighted by atomic mass is 19.1. The van der Waals surface area contributed by atoms with Gasteiger partial charge in [0.05, 0.1) is 6.07 Å². The summed E-state index contributed by atoms with van der Waals surface area (Å²) in [7, 11) is 0. The molecule has 0 fully saturated rings. The van der Waals surface area contributed by atoms with Crippen molar-refractivity contribution in [1.29, 1.82) is 5.26 Å². The number of halogens is 2. The molecule has 0 unspecified atom stereocenters. The van der Waals surface area contributed by atoms with Crippen LogP contribution in [0.1, 0.15) is 12.0 Å². The lowest BCUT2D eigenvalue weighted by Crippen LogP contribution is -2.18. The standard InChI is InChI=1S/C11H12F2N2/c12-10-3-2-9(11(13)8-10)4-7-15-6-1-5-14/h2-3,8,15H,1,4,6-7H2. The summed E-state index contributed by atoms with van der Waals surface area (Å²) in [5.74, 6) is -1.08. The van der Waals surface area contributed by atoms with Crippen molar-refractivity contribution in [3.8, 4) is 6.07 Å². The molecule has 0 bridgehead atoms. The van der Waals surface area contributed by atoms with Crippen LogP contribution in [-0.2, 0) is 6.42 Å². The summed E-state index contributed by atoms with van der Waals surface area (Å²) in [6.45, 7) is 1.18. The van der Waals surface area contributed by atoms with Gasteiger partial charge in [-0.05, 0) is 24.6 Å². The van der Waals surface area contributed by atoms with Gasteiger partial charge in [-0.3, -0.25) is 0 Å². The van der Waals surface area contributed by atoms with Crippen molar-refractivity contribution in [2.75, 3.05) is 13.1 Å². The Morgan fingerprint density at radius 2 is 2.07 bits per heavy atom. The van der Waals surface area contributed by atoms with E-state index in [2.05, 4.69) is 5.32 Å². The number of nitrogens with one attached hydrogen (secondary N) is 1. The predicted molar refractivity (Wildman–Crippen MR) is 53.2 cm³/mol. The first kappa shape index (κ1) is 11.6. The zero-order valence-corrected chi connectivity index (χ0v) is 8.26. The van der Waals surface area contributed by atoms with E-state index in [4.69, 9.17) is 5.26 Å². The van der Waals surface area contributed by atoms with E-state index in [1.807, 2.05) is 6.07 Å². The summed E-state index contributed by atoms with van der Waals surface area (Å²) >= 11 is 0. The second-order valence-electron chi connectivity index (χ2n) is 3.14. The third-order valence-electron chi connectivity index (χ3n) is 2.00. The summed E-state index contributed by atoms with van der Waals surface area (Å²) in [4.78, 5) is 0. The summed E-state index contributed by atoms with van der Waals surface area (Å²) in [5.41, 5.74) is 0.487. The predicted octanol–water partition coefficient (Wildman–Crippen LogP) is 2.01. The summed E-state index contributed by atoms with van der Waals surface area (Å²) < 4.78 is 25.7. The Kier molecular flexibility index (Phi) is 4.72. The maximum Gasteiger partial charge on any atom is 0.129 e. The van der Waals surface area contributed by atoms with Gasteiger partial charge in [0.25, 0.3) is 0 Å². The van der Waals surface area contributed by atoms with Crippen molar-refractivity contribution >= 4 is 0 Å². The van der Waals surface area contributed by atoms with E-state index in [-0.39, 0.29) is 0 Å². The SMILES string of the molecule is N#CCCNCCc1ccc(F)cc1F. The quantitative estimate of drug-likeness (QED) is 0.754. The highest BCUT2D eigenvalue weighted by Crippen LogP contribution is 2.09. The van der Waals surface area contributed by atoms with Gasteiger partial charge in [0.2, 0.25) is 0 Å². The molecule has 0 atom stereocenters. The van der Waals surface area contributed by atoms with E-state index in [1.54, 1.807) is 0 Å². The van der Waals surface area contributed by atoms with Crippen LogP contribution in [0.3, 0.4) is 0 Å². The van der Waals surface area contributed by atoms with Crippen molar-refractivity contribution in [3.63, 3.8) is 0 Å². The number of benzene rings is 1. The van der Waals surface area contributed by atoms with Crippen molar-refractivity contribution in [3.05, 3.63) is 35.4 Å². The first-order chi connectivity index (χ1) is 7.24. The van der Waals surface area contributed by atoms with Gasteiger partial charge < -0.3 is 5.32 Å². The van der Waals surface area contributed by atoms with Gasteiger partial charge in [0, 0.05) is 19.0 Å². The van der Waals surface area contributed by atoms with Gasteiger partial charge in [0.15, 0.2) is 0 Å². The second-order valence-corrected chi connectivity index (χ2v) is 3.14. The molecule has 0 aliphatic heterocycles. The van der Waals surface area contributed by atoms with Crippen LogP contribution in [-0.4, -0.2) is 13.1 Å². The molecule has 15 heavy (non-hydrogen) atoms. The lowest BCUT2D eigenvalue weighted by Gasteiger charge is -2.04. The molecule has 0 heterocycles. The lowest BCUT2D eigenvalue weighted by atomic mass is 10.1. The minimum atomic E-state index is -0.561. The molecular formula is C11H12F2N2. The molecule has 1 N–H and O–H groups in total. The van der Waals surface area contributed by atoms with Crippen LogP contribution in [0.25, 0.3) is 0 Å². The molecule has 2 nitrogen and oxygen atoms in total. The molecular weight excluding hydrogens is 198 g/mol. The molecule has 0 aromatic heterocycles. The molecule has 0 saturated carbocycles. The highest BCUT2D eigenvalue weighted by Gasteiger charge is 2.02. The summed E-state index contributed by atoms with van der Waals surface area (Å²) in [5, 5.41) is 11.3. The fourth-order valence-electron chi connectivity index (χ4n) is 1.22. The van der Waals surface area contributed by atoms with Crippen molar-refractivity contribution in [2.45, 2.75) is 12.8 Å². The Balaban J connectivity index is 2.35. The van der Waals surface area contributed by atoms with E-state index in [9.17, 15) is 8.78 Å². The van der Waals surface area contributed by atoms with Crippen LogP contribution in [0.2, 0.25) is 0 Å². The minimum absolute atomic E-state index is 0.436. The largest absolute Gasteiger partial charge is 0.315 e. The molecule has 0 amide bonds. The molecule has 0 saturated heterocycles. The van der Waals surface area contributed by atoms with E-state index < -0.39 is 11.6 Å². The number of hydrogen-bond acceptors (Lipinski definition) is 2. The smallest absolute Gasteiger partial charge is 0.129 e. The van der Waals surface area contributed by atoms with Crippen LogP contribution in [0.4, 0.5) is 8.78 Å². The van der Waals surface area contributed by atoms with Crippen molar-refractivity contribution in [2.24, 2.45) is 0 Å². The van der Waals surface area contributed by atoms with E-state index >= 15 is 0 Å². The Morgan fingerprint density at radius 3 is 2.73 bits per heavy atom. The average Bonchev–Trinajstić information content (AvgIpc) is 2.20. The van der Waals surface area contributed by atoms with Gasteiger partial charge in [0.1, 0.15) is 11.6 Å². The lowest BCUT2D eigenvalue weighted by molar-refractivity contribution is 0.567. The second kappa shape index (κ2) is 6.10. The zero-order valence-electron chi connectivity index (χ0n) is 8.26. The third-order valence-corrected chi connectivity index (χ3v) is 2.00. The first-order valence-corrected chi connectivity index (χ1v) is 4.75. The summed E-state index contributed by atoms with van der Waals surface area (Å²) in [6.07, 6.45) is 0.934. The van der Waals surface area contributed by atoms with Gasteiger partial charge in [-0.25, -0.2) is 8.78 Å². The van der Waals surface area contributed by atoms with Crippen molar-refractivity contribution < 1.29 is 8.78 Å². The van der Waals surface area contributed by atoms with Crippen LogP contribution < -0.4 is 5.32 Å². The maximum absolute atomic E-state index is 13.1. The zero-order chi connectivity index (χ0) is 11.1. The van der Waals surface area contributed by atoms with Gasteiger partial charge in [-0.15, -0.1) is 0 Å². The molecule has 80 valence electrons. The average molecular weight is 210 g/mol. The Morgan fingerprint density at radius 1 is 1.27 bits per heavy atom. The first-order valence-electron chi connectivity index (χ1n) is 4.75. The monoisotopic (exact) mass is 210 g/mol. The van der Waals surface area contributed by atoms with E-state index in [0.29, 0.717) is 31.5 Å². The maximum atomic E-state index is 13.1. The van der Waals surface area contributed by atoms with Gasteiger partial charge in [-0.1, -0.05) is 6.07 Å². The molecule has 0 aliphatic rings. The molecule has 0 aliphatic carbocycles.